The maximum atomic E-state index is 9.37. The lowest BCUT2D eigenvalue weighted by molar-refractivity contribution is 0.426. The van der Waals surface area contributed by atoms with E-state index in [-0.39, 0.29) is 0 Å². The minimum absolute atomic E-state index is 0.552. The van der Waals surface area contributed by atoms with Crippen LogP contribution in [0, 0.1) is 0 Å². The van der Waals surface area contributed by atoms with Crippen molar-refractivity contribution in [2.75, 3.05) is 0 Å². The van der Waals surface area contributed by atoms with Gasteiger partial charge in [-0.05, 0) is 45.8 Å². The van der Waals surface area contributed by atoms with E-state index < -0.39 is 15.4 Å². The Morgan fingerprint density at radius 1 is 0.909 bits per heavy atom. The van der Waals surface area contributed by atoms with Crippen molar-refractivity contribution in [2.24, 2.45) is 0 Å². The van der Waals surface area contributed by atoms with E-state index in [9.17, 15) is 10.0 Å². The zero-order chi connectivity index (χ0) is 16.7. The first-order valence-corrected chi connectivity index (χ1v) is 10.4. The van der Waals surface area contributed by atoms with E-state index >= 15 is 0 Å². The number of hydrogen-bond donors (Lipinski definition) is 2. The van der Waals surface area contributed by atoms with Crippen LogP contribution in [-0.2, 0) is 0 Å². The molecular weight excluding hydrogens is 289 g/mol. The minimum atomic E-state index is -1.77. The van der Waals surface area contributed by atoms with E-state index in [1.165, 1.54) is 5.52 Å². The third-order valence-corrected chi connectivity index (χ3v) is 12.0. The number of fused-ring (bicyclic) bond motifs is 1. The van der Waals surface area contributed by atoms with Gasteiger partial charge in [-0.3, -0.25) is 0 Å². The Morgan fingerprint density at radius 2 is 1.45 bits per heavy atom. The van der Waals surface area contributed by atoms with Gasteiger partial charge in [0.05, 0.1) is 0 Å². The summed E-state index contributed by atoms with van der Waals surface area (Å²) >= 11 is 0. The second-order valence-electron chi connectivity index (χ2n) is 7.23. The van der Waals surface area contributed by atoms with Crippen molar-refractivity contribution in [2.45, 2.75) is 58.2 Å². The average Bonchev–Trinajstić information content (AvgIpc) is 2.81. The van der Waals surface area contributed by atoms with Gasteiger partial charge in [0.25, 0.3) is 0 Å². The zero-order valence-electron chi connectivity index (χ0n) is 14.5. The Hall–Kier alpha value is -1.04. The van der Waals surface area contributed by atoms with Gasteiger partial charge < -0.3 is 14.3 Å². The molecule has 1 aromatic carbocycles. The molecule has 0 aliphatic carbocycles. The van der Waals surface area contributed by atoms with Gasteiger partial charge in [0.2, 0.25) is 0 Å². The van der Waals surface area contributed by atoms with Gasteiger partial charge in [0.15, 0.2) is 8.24 Å². The fourth-order valence-corrected chi connectivity index (χ4v) is 11.1. The van der Waals surface area contributed by atoms with Crippen molar-refractivity contribution in [3.63, 3.8) is 0 Å². The van der Waals surface area contributed by atoms with Crippen LogP contribution in [0.5, 0.6) is 0 Å². The summed E-state index contributed by atoms with van der Waals surface area (Å²) in [6.07, 6.45) is 2.21. The number of hydrogen-bond acceptors (Lipinski definition) is 2. The predicted octanol–water partition coefficient (Wildman–Crippen LogP) is 3.34. The third kappa shape index (κ3) is 2.55. The standard InChI is InChI=1S/C17H28BNO2Si/c1-12(2)22(13(3)4,14(5)6)19-10-9-15-11-16(18(20)21)7-8-17(15)19/h7-14,20-21H,1-6H3. The SMILES string of the molecule is CC(C)[Si](C(C)C)(C(C)C)n1ccc2cc(B(O)O)ccc21. The molecule has 0 aliphatic heterocycles. The molecule has 0 saturated heterocycles. The fourth-order valence-electron chi connectivity index (χ4n) is 4.49. The van der Waals surface area contributed by atoms with Crippen LogP contribution < -0.4 is 5.46 Å². The lowest BCUT2D eigenvalue weighted by atomic mass is 9.80. The second-order valence-corrected chi connectivity index (χ2v) is 12.9. The van der Waals surface area contributed by atoms with Gasteiger partial charge in [-0.1, -0.05) is 53.7 Å². The first kappa shape index (κ1) is 17.3. The largest absolute Gasteiger partial charge is 0.488 e. The summed E-state index contributed by atoms with van der Waals surface area (Å²) < 4.78 is 2.54. The Morgan fingerprint density at radius 3 is 1.91 bits per heavy atom. The molecule has 0 amide bonds. The molecule has 0 aliphatic rings. The molecule has 0 radical (unpaired) electrons. The summed E-state index contributed by atoms with van der Waals surface area (Å²) in [7, 11) is -3.18. The monoisotopic (exact) mass is 317 g/mol. The van der Waals surface area contributed by atoms with Crippen molar-refractivity contribution < 1.29 is 10.0 Å². The van der Waals surface area contributed by atoms with E-state index in [0.29, 0.717) is 22.1 Å². The van der Waals surface area contributed by atoms with Gasteiger partial charge >= 0.3 is 7.12 Å². The predicted molar refractivity (Wildman–Crippen MR) is 98.2 cm³/mol. The highest BCUT2D eigenvalue weighted by Crippen LogP contribution is 2.44. The third-order valence-electron chi connectivity index (χ3n) is 5.20. The Bertz CT molecular complexity index is 627. The van der Waals surface area contributed by atoms with E-state index in [1.54, 1.807) is 0 Å². The summed E-state index contributed by atoms with van der Waals surface area (Å²) in [5.74, 6) is 0. The zero-order valence-corrected chi connectivity index (χ0v) is 15.5. The molecule has 0 atom stereocenters. The summed E-state index contributed by atoms with van der Waals surface area (Å²) in [4.78, 5) is 0. The lowest BCUT2D eigenvalue weighted by Gasteiger charge is -2.44. The van der Waals surface area contributed by atoms with Crippen molar-refractivity contribution in [3.05, 3.63) is 30.5 Å². The van der Waals surface area contributed by atoms with Gasteiger partial charge in [0, 0.05) is 5.52 Å². The molecule has 0 saturated carbocycles. The highest BCUT2D eigenvalue weighted by atomic mass is 28.3. The molecule has 0 spiro atoms. The first-order chi connectivity index (χ1) is 10.2. The van der Waals surface area contributed by atoms with Gasteiger partial charge in [-0.2, -0.15) is 0 Å². The van der Waals surface area contributed by atoms with Crippen molar-refractivity contribution >= 4 is 31.7 Å². The lowest BCUT2D eigenvalue weighted by Crippen LogP contribution is -2.51. The topological polar surface area (TPSA) is 45.4 Å². The fraction of sp³-hybridized carbons (Fsp3) is 0.529. The molecule has 2 rings (SSSR count). The molecule has 0 unspecified atom stereocenters. The molecule has 22 heavy (non-hydrogen) atoms. The van der Waals surface area contributed by atoms with Crippen LogP contribution in [0.4, 0.5) is 0 Å². The van der Waals surface area contributed by atoms with Crippen molar-refractivity contribution in [3.8, 4) is 0 Å². The van der Waals surface area contributed by atoms with Crippen LogP contribution in [-0.4, -0.2) is 29.6 Å². The van der Waals surface area contributed by atoms with E-state index in [1.807, 2.05) is 18.2 Å². The summed E-state index contributed by atoms with van der Waals surface area (Å²) in [5.41, 5.74) is 3.66. The molecule has 0 bridgehead atoms. The number of nitrogens with zero attached hydrogens (tertiary/aromatic N) is 1. The normalized spacial score (nSPS) is 12.9. The maximum absolute atomic E-state index is 9.37. The second kappa shape index (κ2) is 6.22. The van der Waals surface area contributed by atoms with Gasteiger partial charge in [0.1, 0.15) is 0 Å². The van der Waals surface area contributed by atoms with Crippen molar-refractivity contribution in [1.82, 2.24) is 4.23 Å². The quantitative estimate of drug-likeness (QED) is 0.831. The summed E-state index contributed by atoms with van der Waals surface area (Å²) in [5, 5.41) is 19.8. The van der Waals surface area contributed by atoms with Crippen LogP contribution in [0.3, 0.4) is 0 Å². The van der Waals surface area contributed by atoms with E-state index in [0.717, 1.165) is 5.39 Å². The van der Waals surface area contributed by atoms with E-state index in [2.05, 4.69) is 58.0 Å². The highest BCUT2D eigenvalue weighted by Gasteiger charge is 2.45. The van der Waals surface area contributed by atoms with E-state index in [4.69, 9.17) is 0 Å². The van der Waals surface area contributed by atoms with Gasteiger partial charge in [-0.25, -0.2) is 0 Å². The molecule has 0 fully saturated rings. The average molecular weight is 317 g/mol. The molecule has 120 valence electrons. The molecule has 1 aromatic heterocycles. The molecule has 1 heterocycles. The van der Waals surface area contributed by atoms with Gasteiger partial charge in [-0.15, -0.1) is 0 Å². The van der Waals surface area contributed by atoms with Crippen LogP contribution in [0.25, 0.3) is 10.9 Å². The van der Waals surface area contributed by atoms with Crippen LogP contribution in [0.2, 0.25) is 16.6 Å². The first-order valence-electron chi connectivity index (χ1n) is 8.20. The molecule has 2 aromatic rings. The van der Waals surface area contributed by atoms with Crippen LogP contribution in [0.15, 0.2) is 30.5 Å². The number of rotatable bonds is 5. The highest BCUT2D eigenvalue weighted by molar-refractivity contribution is 6.82. The number of benzene rings is 1. The molecule has 5 heteroatoms. The Balaban J connectivity index is 2.70. The van der Waals surface area contributed by atoms with Crippen LogP contribution >= 0.6 is 0 Å². The maximum Gasteiger partial charge on any atom is 0.488 e. The smallest absolute Gasteiger partial charge is 0.423 e. The van der Waals surface area contributed by atoms with Crippen LogP contribution in [0.1, 0.15) is 41.5 Å². The Kier molecular flexibility index (Phi) is 4.90. The summed E-state index contributed by atoms with van der Waals surface area (Å²) in [6.45, 7) is 14.1. The molecule has 2 N–H and O–H groups in total. The summed E-state index contributed by atoms with van der Waals surface area (Å²) in [6, 6.07) is 7.86. The van der Waals surface area contributed by atoms with Crippen molar-refractivity contribution in [1.29, 1.82) is 0 Å². The molecular formula is C17H28BNO2Si. The minimum Gasteiger partial charge on any atom is -0.423 e. The Labute approximate surface area is 135 Å². The number of aromatic nitrogens is 1. The molecule has 3 nitrogen and oxygen atoms in total.